The molecule has 0 aromatic carbocycles. The van der Waals surface area contributed by atoms with Crippen LogP contribution in [0.5, 0.6) is 0 Å². The van der Waals surface area contributed by atoms with Crippen LogP contribution in [-0.2, 0) is 27.2 Å². The van der Waals surface area contributed by atoms with Gasteiger partial charge in [0.25, 0.3) is 0 Å². The Labute approximate surface area is 158 Å². The molecule has 1 amide bonds. The lowest BCUT2D eigenvalue weighted by molar-refractivity contribution is -0.206. The van der Waals surface area contributed by atoms with Gasteiger partial charge in [-0.25, -0.2) is 4.79 Å². The number of nitriles is 1. The van der Waals surface area contributed by atoms with Crippen molar-refractivity contribution >= 4 is 28.2 Å². The summed E-state index contributed by atoms with van der Waals surface area (Å²) < 4.78 is 46.1. The van der Waals surface area contributed by atoms with Gasteiger partial charge in [0.05, 0.1) is 12.7 Å². The lowest BCUT2D eigenvalue weighted by atomic mass is 9.88. The monoisotopic (exact) mass is 403 g/mol. The zero-order chi connectivity index (χ0) is 20.4. The van der Waals surface area contributed by atoms with Crippen LogP contribution in [0, 0.1) is 17.2 Å². The molecular weight excluding hydrogens is 383 g/mol. The van der Waals surface area contributed by atoms with E-state index in [2.05, 4.69) is 10.1 Å². The summed E-state index contributed by atoms with van der Waals surface area (Å²) >= 11 is 1.00. The van der Waals surface area contributed by atoms with E-state index in [4.69, 9.17) is 0 Å². The molecule has 0 fully saturated rings. The summed E-state index contributed by atoms with van der Waals surface area (Å²) in [7, 11) is 0.801. The van der Waals surface area contributed by atoms with Gasteiger partial charge in [0.2, 0.25) is 5.91 Å². The van der Waals surface area contributed by atoms with E-state index in [1.165, 1.54) is 6.92 Å². The second-order valence-electron chi connectivity index (χ2n) is 6.43. The molecule has 2 atom stereocenters. The first kappa shape index (κ1) is 21.0. The predicted molar refractivity (Wildman–Crippen MR) is 93.1 cm³/mol. The summed E-state index contributed by atoms with van der Waals surface area (Å²) in [5.41, 5.74) is -2.70. The number of alkyl halides is 3. The number of thiophene rings is 1. The Morgan fingerprint density at radius 2 is 2.07 bits per heavy atom. The number of fused-ring (bicyclic) bond motifs is 1. The van der Waals surface area contributed by atoms with Crippen LogP contribution in [0.4, 0.5) is 18.2 Å². The van der Waals surface area contributed by atoms with Crippen LogP contribution in [0.3, 0.4) is 0 Å². The second-order valence-corrected chi connectivity index (χ2v) is 7.54. The number of amides is 1. The fraction of sp³-hybridized carbons (Fsp3) is 0.588. The molecule has 0 radical (unpaired) electrons. The highest BCUT2D eigenvalue weighted by Crippen LogP contribution is 2.42. The van der Waals surface area contributed by atoms with E-state index in [1.807, 2.05) is 13.0 Å². The van der Waals surface area contributed by atoms with Crippen LogP contribution in [0.2, 0.25) is 0 Å². The highest BCUT2D eigenvalue weighted by atomic mass is 32.1. The van der Waals surface area contributed by atoms with Crippen molar-refractivity contribution in [3.8, 4) is 6.07 Å². The molecule has 0 unspecified atom stereocenters. The lowest BCUT2D eigenvalue weighted by Gasteiger charge is -2.34. The minimum absolute atomic E-state index is 0.0742. The molecule has 0 saturated heterocycles. The molecule has 0 spiro atoms. The number of hydrogen-bond donors (Lipinski definition) is 2. The zero-order valence-electron chi connectivity index (χ0n) is 15.1. The number of methoxy groups -OCH3 is 1. The molecule has 1 heterocycles. The summed E-state index contributed by atoms with van der Waals surface area (Å²) in [5.74, 6) is -2.34. The fourth-order valence-corrected chi connectivity index (χ4v) is 4.39. The second kappa shape index (κ2) is 7.76. The first-order valence-electron chi connectivity index (χ1n) is 8.38. The molecule has 0 aliphatic heterocycles. The number of nitrogens with zero attached hydrogens (tertiary/aromatic N) is 1. The van der Waals surface area contributed by atoms with Gasteiger partial charge >= 0.3 is 17.8 Å². The number of anilines is 1. The minimum atomic E-state index is -5.20. The number of carbonyl (C=O) groups excluding carboxylic acids is 2. The highest BCUT2D eigenvalue weighted by Gasteiger charge is 2.63. The van der Waals surface area contributed by atoms with Crippen molar-refractivity contribution in [2.45, 2.75) is 51.4 Å². The van der Waals surface area contributed by atoms with Gasteiger partial charge in [-0.05, 0) is 30.7 Å². The zero-order valence-corrected chi connectivity index (χ0v) is 15.9. The molecule has 0 bridgehead atoms. The van der Waals surface area contributed by atoms with E-state index < -0.39 is 23.7 Å². The summed E-state index contributed by atoms with van der Waals surface area (Å²) in [6.45, 7) is 3.39. The van der Waals surface area contributed by atoms with Gasteiger partial charge in [-0.3, -0.25) is 4.79 Å². The predicted octanol–water partition coefficient (Wildman–Crippen LogP) is 3.11. The number of halogens is 3. The number of hydrogen-bond acceptors (Lipinski definition) is 6. The first-order chi connectivity index (χ1) is 12.6. The van der Waals surface area contributed by atoms with E-state index in [9.17, 15) is 28.0 Å². The van der Waals surface area contributed by atoms with Crippen molar-refractivity contribution in [2.75, 3.05) is 12.4 Å². The Bertz CT molecular complexity index is 785. The maximum Gasteiger partial charge on any atom is 0.441 e. The van der Waals surface area contributed by atoms with Crippen LogP contribution in [0.15, 0.2) is 0 Å². The number of rotatable bonds is 5. The molecular formula is C17H20F3N3O3S. The maximum absolute atomic E-state index is 13.9. The standard InChI is InChI=1S/C17H20F3N3O3S/c1-4-13(24)22-16(15(25)26-3,17(18,19)20)23-14-11(8-21)10-6-5-9(2)7-12(10)27-14/h9,23H,4-7H2,1-3H3,(H,22,24)/t9-,16+/m1/s1. The Kier molecular flexibility index (Phi) is 6.04. The molecule has 1 aliphatic rings. The topological polar surface area (TPSA) is 91.2 Å². The van der Waals surface area contributed by atoms with Crippen LogP contribution in [0.1, 0.15) is 42.7 Å². The van der Waals surface area contributed by atoms with E-state index in [1.54, 1.807) is 5.32 Å². The van der Waals surface area contributed by atoms with Crippen molar-refractivity contribution < 1.29 is 27.5 Å². The van der Waals surface area contributed by atoms with Crippen LogP contribution >= 0.6 is 11.3 Å². The van der Waals surface area contributed by atoms with Crippen LogP contribution in [0.25, 0.3) is 0 Å². The molecule has 0 saturated carbocycles. The lowest BCUT2D eigenvalue weighted by Crippen LogP contribution is -2.69. The van der Waals surface area contributed by atoms with E-state index in [-0.39, 0.29) is 17.0 Å². The Morgan fingerprint density at radius 1 is 1.41 bits per heavy atom. The number of esters is 1. The SMILES string of the molecule is CCC(=O)N[C@](Nc1sc2c(c1C#N)CC[C@@H](C)C2)(C(=O)OC)C(F)(F)F. The van der Waals surface area contributed by atoms with Crippen LogP contribution < -0.4 is 10.6 Å². The van der Waals surface area contributed by atoms with Crippen molar-refractivity contribution in [2.24, 2.45) is 5.92 Å². The molecule has 1 aliphatic carbocycles. The third-order valence-corrected chi connectivity index (χ3v) is 5.66. The number of nitrogens with one attached hydrogen (secondary N) is 2. The van der Waals surface area contributed by atoms with E-state index >= 15 is 0 Å². The summed E-state index contributed by atoms with van der Waals surface area (Å²) in [6, 6.07) is 1.93. The van der Waals surface area contributed by atoms with Gasteiger partial charge in [-0.15, -0.1) is 11.3 Å². The molecule has 1 aromatic heterocycles. The molecule has 10 heteroatoms. The van der Waals surface area contributed by atoms with Crippen molar-refractivity contribution in [3.05, 3.63) is 16.0 Å². The van der Waals surface area contributed by atoms with Gasteiger partial charge < -0.3 is 15.4 Å². The Morgan fingerprint density at radius 3 is 2.59 bits per heavy atom. The first-order valence-corrected chi connectivity index (χ1v) is 9.20. The maximum atomic E-state index is 13.9. The van der Waals surface area contributed by atoms with Gasteiger partial charge in [-0.2, -0.15) is 18.4 Å². The summed E-state index contributed by atoms with van der Waals surface area (Å²) in [6.07, 6.45) is -3.41. The van der Waals surface area contributed by atoms with Gasteiger partial charge in [0.1, 0.15) is 11.1 Å². The van der Waals surface area contributed by atoms with Crippen molar-refractivity contribution in [1.29, 1.82) is 5.26 Å². The average Bonchev–Trinajstić information content (AvgIpc) is 2.94. The molecule has 2 rings (SSSR count). The number of carbonyl (C=O) groups is 2. The van der Waals surface area contributed by atoms with E-state index in [0.717, 1.165) is 29.7 Å². The average molecular weight is 403 g/mol. The third-order valence-electron chi connectivity index (χ3n) is 4.49. The van der Waals surface area contributed by atoms with Crippen molar-refractivity contribution in [1.82, 2.24) is 5.32 Å². The van der Waals surface area contributed by atoms with Gasteiger partial charge in [0.15, 0.2) is 0 Å². The quantitative estimate of drug-likeness (QED) is 0.582. The Hall–Kier alpha value is -2.28. The molecule has 27 heavy (non-hydrogen) atoms. The Balaban J connectivity index is 2.57. The normalized spacial score (nSPS) is 18.6. The third kappa shape index (κ3) is 3.88. The molecule has 6 nitrogen and oxygen atoms in total. The van der Waals surface area contributed by atoms with Crippen LogP contribution in [-0.4, -0.2) is 30.8 Å². The molecule has 1 aromatic rings. The smallest absolute Gasteiger partial charge is 0.441 e. The van der Waals surface area contributed by atoms with Crippen molar-refractivity contribution in [3.63, 3.8) is 0 Å². The van der Waals surface area contributed by atoms with E-state index in [0.29, 0.717) is 24.3 Å². The minimum Gasteiger partial charge on any atom is -0.466 e. The summed E-state index contributed by atoms with van der Waals surface area (Å²) in [5, 5.41) is 13.2. The highest BCUT2D eigenvalue weighted by molar-refractivity contribution is 7.16. The molecule has 148 valence electrons. The van der Waals surface area contributed by atoms with Gasteiger partial charge in [-0.1, -0.05) is 13.8 Å². The van der Waals surface area contributed by atoms with Gasteiger partial charge in [0, 0.05) is 11.3 Å². The largest absolute Gasteiger partial charge is 0.466 e. The number of ether oxygens (including phenoxy) is 1. The summed E-state index contributed by atoms with van der Waals surface area (Å²) in [4.78, 5) is 24.7. The fourth-order valence-electron chi connectivity index (χ4n) is 2.97. The molecule has 2 N–H and O–H groups in total.